The summed E-state index contributed by atoms with van der Waals surface area (Å²) in [7, 11) is 0. The lowest BCUT2D eigenvalue weighted by Crippen LogP contribution is -2.45. The fourth-order valence-electron chi connectivity index (χ4n) is 2.83. The lowest BCUT2D eigenvalue weighted by atomic mass is 9.88. The van der Waals surface area contributed by atoms with E-state index in [-0.39, 0.29) is 11.3 Å². The maximum atomic E-state index is 12.1. The summed E-state index contributed by atoms with van der Waals surface area (Å²) in [5, 5.41) is 6.32. The van der Waals surface area contributed by atoms with E-state index < -0.39 is 0 Å². The van der Waals surface area contributed by atoms with Crippen LogP contribution >= 0.6 is 0 Å². The molecule has 1 aliphatic carbocycles. The molecule has 112 valence electrons. The third-order valence-electron chi connectivity index (χ3n) is 4.43. The number of hydrogen-bond acceptors (Lipinski definition) is 5. The van der Waals surface area contributed by atoms with Crippen molar-refractivity contribution in [3.8, 4) is 0 Å². The van der Waals surface area contributed by atoms with Gasteiger partial charge in [0.15, 0.2) is 0 Å². The molecule has 0 radical (unpaired) electrons. The number of rotatable bonds is 4. The zero-order chi connectivity index (χ0) is 14.4. The predicted octanol–water partition coefficient (Wildman–Crippen LogP) is 1.09. The zero-order valence-electron chi connectivity index (χ0n) is 12.2. The van der Waals surface area contributed by atoms with Gasteiger partial charge in [-0.05, 0) is 19.3 Å². The smallest absolute Gasteiger partial charge is 0.270 e. The first kappa shape index (κ1) is 13.0. The van der Waals surface area contributed by atoms with Crippen LogP contribution in [0.3, 0.4) is 0 Å². The van der Waals surface area contributed by atoms with E-state index in [2.05, 4.69) is 22.5 Å². The predicted molar refractivity (Wildman–Crippen MR) is 77.5 cm³/mol. The highest BCUT2D eigenvalue weighted by molar-refractivity contribution is 5.96. The van der Waals surface area contributed by atoms with Crippen LogP contribution < -0.4 is 10.6 Å². The molecule has 3 heterocycles. The Kier molecular flexibility index (Phi) is 2.89. The molecule has 21 heavy (non-hydrogen) atoms. The summed E-state index contributed by atoms with van der Waals surface area (Å²) < 4.78 is 5.29. The van der Waals surface area contributed by atoms with Crippen LogP contribution in [0.15, 0.2) is 0 Å². The van der Waals surface area contributed by atoms with Gasteiger partial charge >= 0.3 is 0 Å². The maximum absolute atomic E-state index is 12.1. The Hall–Kier alpha value is -1.69. The molecule has 2 N–H and O–H groups in total. The van der Waals surface area contributed by atoms with Gasteiger partial charge in [-0.2, -0.15) is 0 Å². The van der Waals surface area contributed by atoms with Crippen LogP contribution in [0.1, 0.15) is 47.6 Å². The van der Waals surface area contributed by atoms with Gasteiger partial charge in [-0.1, -0.05) is 6.92 Å². The van der Waals surface area contributed by atoms with E-state index in [1.165, 1.54) is 0 Å². The third kappa shape index (κ3) is 2.37. The highest BCUT2D eigenvalue weighted by atomic mass is 16.5. The van der Waals surface area contributed by atoms with Gasteiger partial charge in [0, 0.05) is 30.0 Å². The first-order valence-corrected chi connectivity index (χ1v) is 7.65. The van der Waals surface area contributed by atoms with Crippen molar-refractivity contribution >= 4 is 11.7 Å². The number of nitrogens with one attached hydrogen (secondary N) is 2. The summed E-state index contributed by atoms with van der Waals surface area (Å²) in [4.78, 5) is 21.3. The van der Waals surface area contributed by atoms with E-state index >= 15 is 0 Å². The first-order chi connectivity index (χ1) is 10.1. The molecule has 4 rings (SSSR count). The van der Waals surface area contributed by atoms with Gasteiger partial charge in [0.25, 0.3) is 5.91 Å². The minimum atomic E-state index is -0.0678. The zero-order valence-corrected chi connectivity index (χ0v) is 12.2. The van der Waals surface area contributed by atoms with Crippen LogP contribution in [0.25, 0.3) is 0 Å². The van der Waals surface area contributed by atoms with Crippen molar-refractivity contribution in [2.75, 3.05) is 31.6 Å². The van der Waals surface area contributed by atoms with E-state index in [4.69, 9.17) is 9.72 Å². The van der Waals surface area contributed by atoms with Crippen LogP contribution in [0.4, 0.5) is 5.82 Å². The van der Waals surface area contributed by atoms with Gasteiger partial charge in [-0.3, -0.25) is 4.79 Å². The molecule has 2 fully saturated rings. The normalized spacial score (nSPS) is 23.0. The van der Waals surface area contributed by atoms with Gasteiger partial charge in [0.1, 0.15) is 17.3 Å². The second-order valence-electron chi connectivity index (χ2n) is 6.69. The van der Waals surface area contributed by atoms with Crippen molar-refractivity contribution in [1.82, 2.24) is 15.3 Å². The van der Waals surface area contributed by atoms with E-state index in [0.29, 0.717) is 18.2 Å². The number of anilines is 1. The molecule has 1 aromatic rings. The molecule has 1 aromatic heterocycles. The van der Waals surface area contributed by atoms with Gasteiger partial charge in [0.05, 0.1) is 13.2 Å². The minimum Gasteiger partial charge on any atom is -0.380 e. The molecule has 0 bridgehead atoms. The molecule has 0 atom stereocenters. The number of ether oxygens (including phenoxy) is 1. The summed E-state index contributed by atoms with van der Waals surface area (Å²) in [6.07, 6.45) is 3.05. The van der Waals surface area contributed by atoms with Crippen molar-refractivity contribution in [3.63, 3.8) is 0 Å². The summed E-state index contributed by atoms with van der Waals surface area (Å²) in [5.74, 6) is 2.04. The van der Waals surface area contributed by atoms with Crippen LogP contribution in [0.5, 0.6) is 0 Å². The van der Waals surface area contributed by atoms with Gasteiger partial charge < -0.3 is 15.4 Å². The molecule has 6 heteroatoms. The number of aromatic nitrogens is 2. The molecule has 0 unspecified atom stereocenters. The summed E-state index contributed by atoms with van der Waals surface area (Å²) in [6.45, 7) is 5.24. The van der Waals surface area contributed by atoms with Crippen molar-refractivity contribution in [3.05, 3.63) is 17.1 Å². The van der Waals surface area contributed by atoms with Crippen molar-refractivity contribution in [2.24, 2.45) is 5.41 Å². The second-order valence-corrected chi connectivity index (χ2v) is 6.69. The number of carbonyl (C=O) groups is 1. The van der Waals surface area contributed by atoms with E-state index in [1.54, 1.807) is 0 Å². The van der Waals surface area contributed by atoms with E-state index in [1.807, 2.05) is 0 Å². The molecule has 1 amide bonds. The topological polar surface area (TPSA) is 76.1 Å². The van der Waals surface area contributed by atoms with Crippen molar-refractivity contribution in [2.45, 2.75) is 32.1 Å². The number of hydrogen-bond donors (Lipinski definition) is 2. The molecule has 1 saturated carbocycles. The standard InChI is InChI=1S/C15H20N4O2/c1-15(7-21-8-15)6-17-13-10-4-5-16-14(20)11(10)18-12(19-13)9-2-3-9/h9H,2-8H2,1H3,(H,16,20)(H,17,18,19). The fourth-order valence-corrected chi connectivity index (χ4v) is 2.83. The number of nitrogens with zero attached hydrogens (tertiary/aromatic N) is 2. The molecular formula is C15H20N4O2. The molecule has 0 aromatic carbocycles. The average Bonchev–Trinajstić information content (AvgIpc) is 3.28. The summed E-state index contributed by atoms with van der Waals surface area (Å²) in [6, 6.07) is 0. The fraction of sp³-hybridized carbons (Fsp3) is 0.667. The lowest BCUT2D eigenvalue weighted by Gasteiger charge is -2.38. The number of fused-ring (bicyclic) bond motifs is 1. The SMILES string of the molecule is CC1(CNc2nc(C3CC3)nc3c2CCNC3=O)COC1. The molecular weight excluding hydrogens is 268 g/mol. The number of carbonyl (C=O) groups excluding carboxylic acids is 1. The Morgan fingerprint density at radius 2 is 2.19 bits per heavy atom. The Morgan fingerprint density at radius 1 is 1.38 bits per heavy atom. The van der Waals surface area contributed by atoms with E-state index in [9.17, 15) is 4.79 Å². The van der Waals surface area contributed by atoms with Crippen LogP contribution in [0, 0.1) is 5.41 Å². The Labute approximate surface area is 123 Å². The lowest BCUT2D eigenvalue weighted by molar-refractivity contribution is -0.0924. The minimum absolute atomic E-state index is 0.0678. The van der Waals surface area contributed by atoms with Crippen molar-refractivity contribution in [1.29, 1.82) is 0 Å². The Balaban J connectivity index is 1.65. The molecule has 2 aliphatic heterocycles. The monoisotopic (exact) mass is 288 g/mol. The van der Waals surface area contributed by atoms with Crippen LogP contribution in [-0.2, 0) is 11.2 Å². The van der Waals surface area contributed by atoms with E-state index in [0.717, 1.165) is 56.2 Å². The van der Waals surface area contributed by atoms with Gasteiger partial charge in [-0.15, -0.1) is 0 Å². The third-order valence-corrected chi connectivity index (χ3v) is 4.43. The molecule has 1 saturated heterocycles. The molecule has 6 nitrogen and oxygen atoms in total. The van der Waals surface area contributed by atoms with Crippen molar-refractivity contribution < 1.29 is 9.53 Å². The van der Waals surface area contributed by atoms with Crippen LogP contribution in [0.2, 0.25) is 0 Å². The Morgan fingerprint density at radius 3 is 2.86 bits per heavy atom. The Bertz CT molecular complexity index is 594. The second kappa shape index (κ2) is 4.66. The summed E-state index contributed by atoms with van der Waals surface area (Å²) in [5.41, 5.74) is 1.71. The van der Waals surface area contributed by atoms with Gasteiger partial charge in [0.2, 0.25) is 0 Å². The molecule has 3 aliphatic rings. The molecule has 0 spiro atoms. The largest absolute Gasteiger partial charge is 0.380 e. The highest BCUT2D eigenvalue weighted by Crippen LogP contribution is 2.39. The first-order valence-electron chi connectivity index (χ1n) is 7.65. The number of amides is 1. The summed E-state index contributed by atoms with van der Waals surface area (Å²) >= 11 is 0. The van der Waals surface area contributed by atoms with Crippen LogP contribution in [-0.4, -0.2) is 42.2 Å². The quantitative estimate of drug-likeness (QED) is 0.867. The average molecular weight is 288 g/mol. The maximum Gasteiger partial charge on any atom is 0.270 e. The van der Waals surface area contributed by atoms with Gasteiger partial charge in [-0.25, -0.2) is 9.97 Å². The highest BCUT2D eigenvalue weighted by Gasteiger charge is 2.35.